The fourth-order valence-electron chi connectivity index (χ4n) is 3.89. The van der Waals surface area contributed by atoms with Crippen molar-refractivity contribution in [3.63, 3.8) is 0 Å². The zero-order chi connectivity index (χ0) is 19.1. The molecule has 4 heterocycles. The van der Waals surface area contributed by atoms with Gasteiger partial charge in [-0.3, -0.25) is 19.6 Å². The molecular formula is C22H18N4O2. The smallest absolute Gasteiger partial charge is 0.270 e. The summed E-state index contributed by atoms with van der Waals surface area (Å²) in [5.74, 6) is 0.0547. The summed E-state index contributed by atoms with van der Waals surface area (Å²) in [6, 6.07) is 12.0. The molecule has 2 aliphatic heterocycles. The van der Waals surface area contributed by atoms with Gasteiger partial charge in [0.05, 0.1) is 0 Å². The number of rotatable bonds is 3. The normalized spacial score (nSPS) is 15.6. The van der Waals surface area contributed by atoms with E-state index in [1.165, 1.54) is 0 Å². The highest BCUT2D eigenvalue weighted by Crippen LogP contribution is 2.31. The zero-order valence-corrected chi connectivity index (χ0v) is 15.2. The summed E-state index contributed by atoms with van der Waals surface area (Å²) in [5, 5.41) is 2.82. The van der Waals surface area contributed by atoms with E-state index in [0.717, 1.165) is 46.5 Å². The van der Waals surface area contributed by atoms with Crippen LogP contribution in [-0.2, 0) is 11.3 Å². The maximum Gasteiger partial charge on any atom is 0.270 e. The first-order valence-electron chi connectivity index (χ1n) is 9.33. The highest BCUT2D eigenvalue weighted by atomic mass is 16.2. The number of fused-ring (bicyclic) bond motifs is 1. The monoisotopic (exact) mass is 370 g/mol. The zero-order valence-electron chi connectivity index (χ0n) is 15.2. The average molecular weight is 370 g/mol. The third-order valence-corrected chi connectivity index (χ3v) is 5.33. The van der Waals surface area contributed by atoms with Gasteiger partial charge in [0, 0.05) is 60.5 Å². The van der Waals surface area contributed by atoms with Gasteiger partial charge in [0.2, 0.25) is 5.91 Å². The number of amides is 2. The molecule has 1 aromatic carbocycles. The van der Waals surface area contributed by atoms with Gasteiger partial charge in [0.1, 0.15) is 5.69 Å². The van der Waals surface area contributed by atoms with Gasteiger partial charge in [0.25, 0.3) is 5.91 Å². The Balaban J connectivity index is 1.49. The standard InChI is InChI=1S/C22H18N4O2/c27-20-2-1-9-26(20)17-5-3-14(4-6-17)15-10-16(12-23-11-15)18-7-8-24-21-19(18)13-25-22(21)28/h3-8,10-12H,1-2,9,13H2,(H,25,28). The Kier molecular flexibility index (Phi) is 3.90. The molecule has 138 valence electrons. The van der Waals surface area contributed by atoms with Crippen LogP contribution in [0.15, 0.2) is 55.0 Å². The molecular weight excluding hydrogens is 352 g/mol. The van der Waals surface area contributed by atoms with Crippen LogP contribution in [-0.4, -0.2) is 28.3 Å². The molecule has 0 aliphatic carbocycles. The Morgan fingerprint density at radius 2 is 1.79 bits per heavy atom. The van der Waals surface area contributed by atoms with Crippen molar-refractivity contribution >= 4 is 17.5 Å². The van der Waals surface area contributed by atoms with Crippen molar-refractivity contribution in [3.8, 4) is 22.3 Å². The summed E-state index contributed by atoms with van der Waals surface area (Å²) in [5.41, 5.74) is 6.27. The summed E-state index contributed by atoms with van der Waals surface area (Å²) in [4.78, 5) is 34.2. The second-order valence-corrected chi connectivity index (χ2v) is 7.03. The van der Waals surface area contributed by atoms with Crippen LogP contribution < -0.4 is 10.2 Å². The molecule has 1 fully saturated rings. The Morgan fingerprint density at radius 3 is 2.57 bits per heavy atom. The van der Waals surface area contributed by atoms with Gasteiger partial charge >= 0.3 is 0 Å². The predicted molar refractivity (Wildman–Crippen MR) is 106 cm³/mol. The summed E-state index contributed by atoms with van der Waals surface area (Å²) >= 11 is 0. The molecule has 0 bridgehead atoms. The van der Waals surface area contributed by atoms with Crippen LogP contribution in [0.2, 0.25) is 0 Å². The molecule has 2 aliphatic rings. The van der Waals surface area contributed by atoms with Crippen LogP contribution in [0.5, 0.6) is 0 Å². The molecule has 0 radical (unpaired) electrons. The number of hydrogen-bond donors (Lipinski definition) is 1. The maximum atomic E-state index is 11.9. The third-order valence-electron chi connectivity index (χ3n) is 5.33. The lowest BCUT2D eigenvalue weighted by atomic mass is 9.98. The van der Waals surface area contributed by atoms with Gasteiger partial charge in [-0.15, -0.1) is 0 Å². The van der Waals surface area contributed by atoms with Gasteiger partial charge in [-0.1, -0.05) is 12.1 Å². The van der Waals surface area contributed by atoms with Crippen molar-refractivity contribution in [3.05, 3.63) is 66.2 Å². The summed E-state index contributed by atoms with van der Waals surface area (Å²) in [6.45, 7) is 1.27. The van der Waals surface area contributed by atoms with E-state index in [4.69, 9.17) is 0 Å². The Hall–Kier alpha value is -3.54. The van der Waals surface area contributed by atoms with Crippen LogP contribution in [0.1, 0.15) is 28.9 Å². The van der Waals surface area contributed by atoms with Crippen LogP contribution in [0, 0.1) is 0 Å². The Bertz CT molecular complexity index is 1090. The fraction of sp³-hybridized carbons (Fsp3) is 0.182. The first kappa shape index (κ1) is 16.6. The predicted octanol–water partition coefficient (Wildman–Crippen LogP) is 3.18. The topological polar surface area (TPSA) is 75.2 Å². The quantitative estimate of drug-likeness (QED) is 0.768. The molecule has 6 heteroatoms. The molecule has 0 atom stereocenters. The molecule has 3 aromatic rings. The molecule has 1 N–H and O–H groups in total. The summed E-state index contributed by atoms with van der Waals surface area (Å²) < 4.78 is 0. The van der Waals surface area contributed by atoms with E-state index in [2.05, 4.69) is 21.4 Å². The minimum Gasteiger partial charge on any atom is -0.347 e. The number of pyridine rings is 2. The highest BCUT2D eigenvalue weighted by molar-refractivity contribution is 5.98. The third kappa shape index (κ3) is 2.74. The minimum absolute atomic E-state index is 0.131. The lowest BCUT2D eigenvalue weighted by molar-refractivity contribution is -0.117. The summed E-state index contributed by atoms with van der Waals surface area (Å²) in [7, 11) is 0. The Labute approximate surface area is 162 Å². The van der Waals surface area contributed by atoms with Gasteiger partial charge in [0.15, 0.2) is 0 Å². The number of nitrogens with zero attached hydrogens (tertiary/aromatic N) is 3. The number of nitrogens with one attached hydrogen (secondary N) is 1. The number of carbonyl (C=O) groups is 2. The molecule has 6 nitrogen and oxygen atoms in total. The van der Waals surface area contributed by atoms with E-state index in [9.17, 15) is 9.59 Å². The van der Waals surface area contributed by atoms with E-state index in [1.807, 2.05) is 41.4 Å². The van der Waals surface area contributed by atoms with Crippen LogP contribution >= 0.6 is 0 Å². The minimum atomic E-state index is -0.131. The van der Waals surface area contributed by atoms with Crippen LogP contribution in [0.4, 0.5) is 5.69 Å². The van der Waals surface area contributed by atoms with Crippen LogP contribution in [0.25, 0.3) is 22.3 Å². The van der Waals surface area contributed by atoms with E-state index in [1.54, 1.807) is 12.4 Å². The molecule has 28 heavy (non-hydrogen) atoms. The van der Waals surface area contributed by atoms with Crippen molar-refractivity contribution < 1.29 is 9.59 Å². The van der Waals surface area contributed by atoms with Crippen molar-refractivity contribution in [2.24, 2.45) is 0 Å². The molecule has 0 saturated carbocycles. The van der Waals surface area contributed by atoms with E-state index < -0.39 is 0 Å². The number of hydrogen-bond acceptors (Lipinski definition) is 4. The second kappa shape index (κ2) is 6.56. The van der Waals surface area contributed by atoms with Crippen molar-refractivity contribution in [1.29, 1.82) is 0 Å². The Morgan fingerprint density at radius 1 is 0.964 bits per heavy atom. The molecule has 5 rings (SSSR count). The largest absolute Gasteiger partial charge is 0.347 e. The van der Waals surface area contributed by atoms with Gasteiger partial charge in [-0.2, -0.15) is 0 Å². The van der Waals surface area contributed by atoms with E-state index >= 15 is 0 Å². The van der Waals surface area contributed by atoms with E-state index in [0.29, 0.717) is 18.7 Å². The summed E-state index contributed by atoms with van der Waals surface area (Å²) in [6.07, 6.45) is 6.83. The first-order valence-corrected chi connectivity index (χ1v) is 9.33. The number of carbonyl (C=O) groups excluding carboxylic acids is 2. The van der Waals surface area contributed by atoms with Gasteiger partial charge in [-0.05, 0) is 41.8 Å². The lowest BCUT2D eigenvalue weighted by Gasteiger charge is -2.16. The molecule has 2 aromatic heterocycles. The first-order chi connectivity index (χ1) is 13.7. The van der Waals surface area contributed by atoms with Gasteiger partial charge < -0.3 is 10.2 Å². The SMILES string of the molecule is O=C1NCc2c(-c3cncc(-c4ccc(N5CCCC5=O)cc4)c3)ccnc21. The van der Waals surface area contributed by atoms with Crippen molar-refractivity contribution in [2.45, 2.75) is 19.4 Å². The fourth-order valence-corrected chi connectivity index (χ4v) is 3.89. The molecule has 1 saturated heterocycles. The van der Waals surface area contributed by atoms with Crippen molar-refractivity contribution in [2.75, 3.05) is 11.4 Å². The van der Waals surface area contributed by atoms with Crippen LogP contribution in [0.3, 0.4) is 0 Å². The highest BCUT2D eigenvalue weighted by Gasteiger charge is 2.24. The van der Waals surface area contributed by atoms with Gasteiger partial charge in [-0.25, -0.2) is 0 Å². The molecule has 2 amide bonds. The lowest BCUT2D eigenvalue weighted by Crippen LogP contribution is -2.23. The number of aromatic nitrogens is 2. The maximum absolute atomic E-state index is 11.9. The van der Waals surface area contributed by atoms with E-state index in [-0.39, 0.29) is 11.8 Å². The average Bonchev–Trinajstić information content (AvgIpc) is 3.34. The number of benzene rings is 1. The second-order valence-electron chi connectivity index (χ2n) is 7.03. The molecule has 0 unspecified atom stereocenters. The van der Waals surface area contributed by atoms with Crippen molar-refractivity contribution in [1.82, 2.24) is 15.3 Å². The number of anilines is 1. The molecule has 0 spiro atoms.